The Morgan fingerprint density at radius 2 is 1.85 bits per heavy atom. The number of nitrogens with zero attached hydrogens (tertiary/aromatic N) is 3. The van der Waals surface area contributed by atoms with Crippen LogP contribution in [-0.2, 0) is 23.1 Å². The van der Waals surface area contributed by atoms with Crippen molar-refractivity contribution in [3.63, 3.8) is 0 Å². The molecule has 0 bridgehead atoms. The van der Waals surface area contributed by atoms with Crippen LogP contribution in [0.5, 0.6) is 0 Å². The summed E-state index contributed by atoms with van der Waals surface area (Å²) in [5.41, 5.74) is 15.8. The van der Waals surface area contributed by atoms with E-state index in [1.807, 2.05) is 24.3 Å². The number of aromatic amines is 1. The van der Waals surface area contributed by atoms with Crippen LogP contribution in [0, 0.1) is 11.3 Å². The minimum Gasteiger partial charge on any atom is -0.399 e. The highest BCUT2D eigenvalue weighted by molar-refractivity contribution is 5.93. The fraction of sp³-hybridized carbons (Fsp3) is 0.345. The van der Waals surface area contributed by atoms with E-state index in [-0.39, 0.29) is 12.5 Å². The van der Waals surface area contributed by atoms with E-state index in [9.17, 15) is 19.6 Å². The summed E-state index contributed by atoms with van der Waals surface area (Å²) in [4.78, 5) is 41.5. The van der Waals surface area contributed by atoms with Gasteiger partial charge in [-0.25, -0.2) is 4.79 Å². The maximum absolute atomic E-state index is 12.8. The van der Waals surface area contributed by atoms with Gasteiger partial charge in [0.15, 0.2) is 5.82 Å². The molecule has 1 aliphatic carbocycles. The predicted molar refractivity (Wildman–Crippen MR) is 147 cm³/mol. The highest BCUT2D eigenvalue weighted by Gasteiger charge is 2.44. The first-order valence-electron chi connectivity index (χ1n) is 13.2. The second-order valence-electron chi connectivity index (χ2n) is 10.3. The van der Waals surface area contributed by atoms with Crippen LogP contribution >= 0.6 is 0 Å². The standard InChI is InChI=1S/C29H31N7O4/c1-17(31)18-6-8-23-19(13-18)4-5-20-14-21(26(32)38)7-9-24(20)29(23,27-34-28(39)40-35-27)10-11-33-16-25(37)36-12-2-3-22(36)15-30/h6-9,13-14,22,33H,1-5,10-12,16,31H2,(H2,32,38)(H,34,35,39). The van der Waals surface area contributed by atoms with E-state index in [1.165, 1.54) is 0 Å². The highest BCUT2D eigenvalue weighted by Crippen LogP contribution is 2.46. The molecular weight excluding hydrogens is 510 g/mol. The number of benzene rings is 2. The fourth-order valence-electron chi connectivity index (χ4n) is 6.03. The molecule has 1 saturated heterocycles. The Balaban J connectivity index is 1.58. The number of hydrogen-bond donors (Lipinski definition) is 4. The van der Waals surface area contributed by atoms with Gasteiger partial charge in [0.25, 0.3) is 0 Å². The molecular formula is C29H31N7O4. The lowest BCUT2D eigenvalue weighted by atomic mass is 9.69. The Labute approximate surface area is 230 Å². The molecule has 0 radical (unpaired) electrons. The van der Waals surface area contributed by atoms with Crippen molar-refractivity contribution in [2.75, 3.05) is 19.6 Å². The average Bonchev–Trinajstić information content (AvgIpc) is 3.58. The van der Waals surface area contributed by atoms with Gasteiger partial charge in [0.1, 0.15) is 6.04 Å². The van der Waals surface area contributed by atoms with E-state index in [4.69, 9.17) is 16.0 Å². The van der Waals surface area contributed by atoms with Crippen LogP contribution in [0.4, 0.5) is 0 Å². The number of amides is 2. The van der Waals surface area contributed by atoms with Gasteiger partial charge in [0.2, 0.25) is 11.8 Å². The molecule has 1 aromatic heterocycles. The van der Waals surface area contributed by atoms with Crippen molar-refractivity contribution < 1.29 is 14.1 Å². The van der Waals surface area contributed by atoms with Gasteiger partial charge in [0.05, 0.1) is 18.0 Å². The minimum atomic E-state index is -0.989. The van der Waals surface area contributed by atoms with E-state index >= 15 is 0 Å². The Morgan fingerprint density at radius 1 is 1.18 bits per heavy atom. The zero-order valence-electron chi connectivity index (χ0n) is 22.0. The van der Waals surface area contributed by atoms with Crippen molar-refractivity contribution in [1.29, 1.82) is 5.26 Å². The number of nitrogens with two attached hydrogens (primary N) is 2. The van der Waals surface area contributed by atoms with Gasteiger partial charge in [-0.2, -0.15) is 5.26 Å². The number of nitrogens with one attached hydrogen (secondary N) is 2. The fourth-order valence-corrected chi connectivity index (χ4v) is 6.03. The Bertz CT molecular complexity index is 1520. The van der Waals surface area contributed by atoms with Crippen LogP contribution in [0.25, 0.3) is 5.70 Å². The lowest BCUT2D eigenvalue weighted by Gasteiger charge is -2.34. The third-order valence-corrected chi connectivity index (χ3v) is 7.97. The Hall–Kier alpha value is -4.69. The van der Waals surface area contributed by atoms with Gasteiger partial charge in [-0.3, -0.25) is 19.1 Å². The number of likely N-dealkylation sites (tertiary alicyclic amines) is 1. The molecule has 0 spiro atoms. The first-order valence-corrected chi connectivity index (χ1v) is 13.2. The van der Waals surface area contributed by atoms with Gasteiger partial charge >= 0.3 is 5.76 Å². The van der Waals surface area contributed by atoms with Gasteiger partial charge in [-0.15, -0.1) is 0 Å². The summed E-state index contributed by atoms with van der Waals surface area (Å²) in [5.74, 6) is -1.05. The first-order chi connectivity index (χ1) is 19.2. The van der Waals surface area contributed by atoms with Crippen molar-refractivity contribution in [1.82, 2.24) is 20.4 Å². The highest BCUT2D eigenvalue weighted by atomic mass is 16.5. The summed E-state index contributed by atoms with van der Waals surface area (Å²) >= 11 is 0. The quantitative estimate of drug-likeness (QED) is 0.308. The van der Waals surface area contributed by atoms with Gasteiger partial charge in [0, 0.05) is 17.8 Å². The van der Waals surface area contributed by atoms with E-state index in [0.29, 0.717) is 55.9 Å². The first kappa shape index (κ1) is 26.9. The maximum atomic E-state index is 12.8. The van der Waals surface area contributed by atoms with Crippen molar-refractivity contribution >= 4 is 17.5 Å². The number of nitriles is 1. The third kappa shape index (κ3) is 4.78. The van der Waals surface area contributed by atoms with Crippen molar-refractivity contribution in [2.24, 2.45) is 11.5 Å². The summed E-state index contributed by atoms with van der Waals surface area (Å²) in [5, 5.41) is 16.7. The van der Waals surface area contributed by atoms with Crippen LogP contribution in [-0.4, -0.2) is 52.5 Å². The molecule has 0 saturated carbocycles. The van der Waals surface area contributed by atoms with Crippen molar-refractivity contribution in [3.8, 4) is 6.07 Å². The molecule has 1 fully saturated rings. The van der Waals surface area contributed by atoms with E-state index in [0.717, 1.165) is 34.2 Å². The molecule has 11 heteroatoms. The topological polar surface area (TPSA) is 184 Å². The average molecular weight is 542 g/mol. The van der Waals surface area contributed by atoms with Crippen LogP contribution < -0.4 is 22.5 Å². The van der Waals surface area contributed by atoms with E-state index in [2.05, 4.69) is 28.1 Å². The molecule has 2 atom stereocenters. The molecule has 1 aliphatic heterocycles. The summed E-state index contributed by atoms with van der Waals surface area (Å²) in [7, 11) is 0. The lowest BCUT2D eigenvalue weighted by Crippen LogP contribution is -2.42. The van der Waals surface area contributed by atoms with Gasteiger partial charge in [-0.05, 0) is 84.7 Å². The normalized spacial score (nSPS) is 19.8. The molecule has 6 N–H and O–H groups in total. The summed E-state index contributed by atoms with van der Waals surface area (Å²) in [6.45, 7) is 4.88. The summed E-state index contributed by atoms with van der Waals surface area (Å²) < 4.78 is 4.99. The number of carbonyl (C=O) groups is 2. The third-order valence-electron chi connectivity index (χ3n) is 7.97. The van der Waals surface area contributed by atoms with Crippen molar-refractivity contribution in [3.05, 3.63) is 92.7 Å². The van der Waals surface area contributed by atoms with Crippen LogP contribution in [0.2, 0.25) is 0 Å². The smallest absolute Gasteiger partial charge is 0.399 e. The number of fused-ring (bicyclic) bond motifs is 2. The zero-order valence-corrected chi connectivity index (χ0v) is 22.0. The molecule has 206 valence electrons. The monoisotopic (exact) mass is 541 g/mol. The SMILES string of the molecule is C=C(N)c1ccc2c(c1)CCc1cc(C(N)=O)ccc1C2(CCNCC(=O)N1CCCC1C#N)c1noc(=O)[nH]1. The predicted octanol–water partition coefficient (Wildman–Crippen LogP) is 1.32. The largest absolute Gasteiger partial charge is 0.438 e. The second-order valence-corrected chi connectivity index (χ2v) is 10.3. The number of carbonyl (C=O) groups excluding carboxylic acids is 2. The number of rotatable bonds is 8. The molecule has 2 aromatic carbocycles. The molecule has 40 heavy (non-hydrogen) atoms. The molecule has 2 unspecified atom stereocenters. The Kier molecular flexibility index (Phi) is 7.28. The lowest BCUT2D eigenvalue weighted by molar-refractivity contribution is -0.130. The summed E-state index contributed by atoms with van der Waals surface area (Å²) in [6.07, 6.45) is 3.12. The van der Waals surface area contributed by atoms with Gasteiger partial charge in [-0.1, -0.05) is 29.9 Å². The number of hydrogen-bond acceptors (Lipinski definition) is 8. The van der Waals surface area contributed by atoms with Crippen molar-refractivity contribution in [2.45, 2.75) is 43.6 Å². The number of H-pyrrole nitrogens is 1. The van der Waals surface area contributed by atoms with Crippen LogP contribution in [0.3, 0.4) is 0 Å². The molecule has 2 amide bonds. The number of primary amides is 1. The molecule has 5 rings (SSSR count). The maximum Gasteiger partial charge on any atom is 0.438 e. The van der Waals surface area contributed by atoms with E-state index < -0.39 is 23.1 Å². The molecule has 3 aromatic rings. The van der Waals surface area contributed by atoms with Crippen LogP contribution in [0.1, 0.15) is 63.3 Å². The van der Waals surface area contributed by atoms with Crippen LogP contribution in [0.15, 0.2) is 52.3 Å². The Morgan fingerprint density at radius 3 is 2.45 bits per heavy atom. The van der Waals surface area contributed by atoms with Gasteiger partial charge < -0.3 is 21.7 Å². The van der Waals surface area contributed by atoms with E-state index in [1.54, 1.807) is 17.0 Å². The molecule has 2 aliphatic rings. The minimum absolute atomic E-state index is 0.0653. The molecule has 2 heterocycles. The molecule has 11 nitrogen and oxygen atoms in total. The summed E-state index contributed by atoms with van der Waals surface area (Å²) in [6, 6.07) is 12.9. The number of aromatic nitrogens is 2. The second kappa shape index (κ2) is 10.8. The number of aryl methyl sites for hydroxylation is 2. The zero-order chi connectivity index (χ0) is 28.4.